The summed E-state index contributed by atoms with van der Waals surface area (Å²) in [5.41, 5.74) is 1.88. The number of rotatable bonds is 4. The van der Waals surface area contributed by atoms with Crippen molar-refractivity contribution in [1.29, 1.82) is 0 Å². The van der Waals surface area contributed by atoms with Crippen LogP contribution in [0.4, 0.5) is 5.13 Å². The minimum absolute atomic E-state index is 0.419. The first kappa shape index (κ1) is 19.8. The summed E-state index contributed by atoms with van der Waals surface area (Å²) in [6, 6.07) is 5.52. The van der Waals surface area contributed by atoms with E-state index in [1.807, 2.05) is 26.0 Å². The average Bonchev–Trinajstić information content (AvgIpc) is 3.19. The summed E-state index contributed by atoms with van der Waals surface area (Å²) in [6.45, 7) is 6.12. The Bertz CT molecular complexity index is 927. The first-order chi connectivity index (χ1) is 13.4. The molecule has 28 heavy (non-hydrogen) atoms. The van der Waals surface area contributed by atoms with E-state index in [0.29, 0.717) is 37.0 Å². The lowest BCUT2D eigenvalue weighted by molar-refractivity contribution is 0.384. The highest BCUT2D eigenvalue weighted by Gasteiger charge is 2.31. The molecule has 2 heterocycles. The summed E-state index contributed by atoms with van der Waals surface area (Å²) in [4.78, 5) is 2.60. The molecule has 4 rings (SSSR count). The van der Waals surface area contributed by atoms with Crippen LogP contribution in [0.2, 0.25) is 0 Å². The van der Waals surface area contributed by atoms with Gasteiger partial charge in [0.05, 0.1) is 4.90 Å². The van der Waals surface area contributed by atoms with Gasteiger partial charge in [0, 0.05) is 32.1 Å². The van der Waals surface area contributed by atoms with Gasteiger partial charge in [-0.3, -0.25) is 0 Å². The zero-order valence-corrected chi connectivity index (χ0v) is 18.2. The van der Waals surface area contributed by atoms with Gasteiger partial charge in [0.1, 0.15) is 5.01 Å². The lowest BCUT2D eigenvalue weighted by atomic mass is 9.90. The van der Waals surface area contributed by atoms with Gasteiger partial charge in [-0.2, -0.15) is 4.31 Å². The highest BCUT2D eigenvalue weighted by molar-refractivity contribution is 7.89. The Morgan fingerprint density at radius 1 is 1.00 bits per heavy atom. The molecule has 6 nitrogen and oxygen atoms in total. The molecule has 1 saturated heterocycles. The Kier molecular flexibility index (Phi) is 5.71. The molecule has 0 bridgehead atoms. The van der Waals surface area contributed by atoms with Crippen molar-refractivity contribution in [3.63, 3.8) is 0 Å². The number of benzene rings is 1. The summed E-state index contributed by atoms with van der Waals surface area (Å²) in [5, 5.41) is 10.9. The quantitative estimate of drug-likeness (QED) is 0.754. The van der Waals surface area contributed by atoms with E-state index in [4.69, 9.17) is 0 Å². The fraction of sp³-hybridized carbons (Fsp3) is 0.600. The van der Waals surface area contributed by atoms with Crippen LogP contribution < -0.4 is 4.90 Å². The second-order valence-electron chi connectivity index (χ2n) is 7.92. The van der Waals surface area contributed by atoms with Crippen molar-refractivity contribution in [2.45, 2.75) is 56.8 Å². The van der Waals surface area contributed by atoms with Gasteiger partial charge < -0.3 is 4.90 Å². The van der Waals surface area contributed by atoms with Gasteiger partial charge in [-0.1, -0.05) is 48.3 Å². The second kappa shape index (κ2) is 8.08. The van der Waals surface area contributed by atoms with E-state index in [-0.39, 0.29) is 0 Å². The Balaban J connectivity index is 1.42. The third kappa shape index (κ3) is 3.95. The minimum atomic E-state index is -3.45. The molecule has 1 aliphatic heterocycles. The maximum absolute atomic E-state index is 13.1. The van der Waals surface area contributed by atoms with Crippen LogP contribution in [0.25, 0.3) is 0 Å². The Labute approximate surface area is 171 Å². The molecule has 152 valence electrons. The zero-order chi connectivity index (χ0) is 19.7. The molecule has 0 N–H and O–H groups in total. The maximum atomic E-state index is 13.1. The highest BCUT2D eigenvalue weighted by Crippen LogP contribution is 2.36. The normalized spacial score (nSPS) is 19.9. The van der Waals surface area contributed by atoms with E-state index in [9.17, 15) is 8.42 Å². The van der Waals surface area contributed by atoms with Gasteiger partial charge in [-0.15, -0.1) is 10.2 Å². The van der Waals surface area contributed by atoms with Crippen LogP contribution in [0.3, 0.4) is 0 Å². The van der Waals surface area contributed by atoms with Gasteiger partial charge in [0.25, 0.3) is 0 Å². The predicted octanol–water partition coefficient (Wildman–Crippen LogP) is 3.71. The largest absolute Gasteiger partial charge is 0.344 e. The van der Waals surface area contributed by atoms with E-state index in [1.54, 1.807) is 21.7 Å². The van der Waals surface area contributed by atoms with Gasteiger partial charge >= 0.3 is 0 Å². The summed E-state index contributed by atoms with van der Waals surface area (Å²) in [5.74, 6) is 0.561. The molecule has 1 aliphatic carbocycles. The van der Waals surface area contributed by atoms with Crippen LogP contribution in [0.15, 0.2) is 23.1 Å². The summed E-state index contributed by atoms with van der Waals surface area (Å²) < 4.78 is 27.7. The number of aryl methyl sites for hydroxylation is 2. The molecule has 0 atom stereocenters. The van der Waals surface area contributed by atoms with Crippen molar-refractivity contribution in [3.05, 3.63) is 34.3 Å². The minimum Gasteiger partial charge on any atom is -0.344 e. The van der Waals surface area contributed by atoms with E-state index in [1.165, 1.54) is 32.1 Å². The van der Waals surface area contributed by atoms with Crippen molar-refractivity contribution >= 4 is 26.5 Å². The molecule has 0 amide bonds. The number of piperazine rings is 1. The van der Waals surface area contributed by atoms with Crippen molar-refractivity contribution in [3.8, 4) is 0 Å². The molecule has 8 heteroatoms. The Morgan fingerprint density at radius 2 is 1.71 bits per heavy atom. The monoisotopic (exact) mass is 420 g/mol. The van der Waals surface area contributed by atoms with Crippen molar-refractivity contribution in [2.75, 3.05) is 31.1 Å². The maximum Gasteiger partial charge on any atom is 0.243 e. The van der Waals surface area contributed by atoms with Crippen molar-refractivity contribution in [1.82, 2.24) is 14.5 Å². The third-order valence-corrected chi connectivity index (χ3v) is 9.05. The van der Waals surface area contributed by atoms with E-state index in [0.717, 1.165) is 21.3 Å². The molecule has 1 aromatic heterocycles. The van der Waals surface area contributed by atoms with Gasteiger partial charge in [0.2, 0.25) is 15.2 Å². The van der Waals surface area contributed by atoms with E-state index >= 15 is 0 Å². The first-order valence-electron chi connectivity index (χ1n) is 10.1. The van der Waals surface area contributed by atoms with Gasteiger partial charge in [-0.25, -0.2) is 8.42 Å². The Morgan fingerprint density at radius 3 is 2.39 bits per heavy atom. The number of aromatic nitrogens is 2. The van der Waals surface area contributed by atoms with E-state index < -0.39 is 10.0 Å². The van der Waals surface area contributed by atoms with Gasteiger partial charge in [-0.05, 0) is 38.3 Å². The number of sulfonamides is 1. The fourth-order valence-electron chi connectivity index (χ4n) is 4.22. The predicted molar refractivity (Wildman–Crippen MR) is 113 cm³/mol. The number of hydrogen-bond acceptors (Lipinski definition) is 6. The van der Waals surface area contributed by atoms with Crippen molar-refractivity contribution in [2.24, 2.45) is 0 Å². The molecular formula is C20H28N4O2S2. The SMILES string of the molecule is Cc1ccc(S(=O)(=O)N2CCN(c3nnc(C4CCCCC4)s3)CC2)c(C)c1. The third-order valence-electron chi connectivity index (χ3n) is 5.84. The smallest absolute Gasteiger partial charge is 0.243 e. The molecule has 0 radical (unpaired) electrons. The molecule has 1 aromatic carbocycles. The van der Waals surface area contributed by atoms with Crippen LogP contribution in [-0.4, -0.2) is 49.1 Å². The first-order valence-corrected chi connectivity index (χ1v) is 12.4. The van der Waals surface area contributed by atoms with Crippen LogP contribution in [-0.2, 0) is 10.0 Å². The summed E-state index contributed by atoms with van der Waals surface area (Å²) >= 11 is 1.69. The topological polar surface area (TPSA) is 66.4 Å². The summed E-state index contributed by atoms with van der Waals surface area (Å²) in [6.07, 6.45) is 6.34. The van der Waals surface area contributed by atoms with Crippen LogP contribution in [0.1, 0.15) is 54.2 Å². The van der Waals surface area contributed by atoms with Crippen molar-refractivity contribution < 1.29 is 8.42 Å². The standard InChI is InChI=1S/C20H28N4O2S2/c1-15-8-9-18(16(2)14-15)28(25,26)24-12-10-23(11-13-24)20-22-21-19(27-20)17-6-4-3-5-7-17/h8-9,14,17H,3-7,10-13H2,1-2H3. The molecule has 2 aliphatic rings. The molecule has 1 saturated carbocycles. The molecular weight excluding hydrogens is 392 g/mol. The molecule has 2 aromatic rings. The van der Waals surface area contributed by atoms with E-state index in [2.05, 4.69) is 15.1 Å². The van der Waals surface area contributed by atoms with Gasteiger partial charge in [0.15, 0.2) is 0 Å². The average molecular weight is 421 g/mol. The Hall–Kier alpha value is -1.51. The number of nitrogens with zero attached hydrogens (tertiary/aromatic N) is 4. The number of hydrogen-bond donors (Lipinski definition) is 0. The lowest BCUT2D eigenvalue weighted by Crippen LogP contribution is -2.48. The van der Waals surface area contributed by atoms with Crippen LogP contribution >= 0.6 is 11.3 Å². The van der Waals surface area contributed by atoms with Crippen LogP contribution in [0.5, 0.6) is 0 Å². The van der Waals surface area contributed by atoms with Crippen LogP contribution in [0, 0.1) is 13.8 Å². The fourth-order valence-corrected chi connectivity index (χ4v) is 6.91. The highest BCUT2D eigenvalue weighted by atomic mass is 32.2. The lowest BCUT2D eigenvalue weighted by Gasteiger charge is -2.33. The summed E-state index contributed by atoms with van der Waals surface area (Å²) in [7, 11) is -3.45. The molecule has 0 spiro atoms. The zero-order valence-electron chi connectivity index (χ0n) is 16.6. The molecule has 2 fully saturated rings. The number of anilines is 1. The molecule has 0 unspecified atom stereocenters. The second-order valence-corrected chi connectivity index (χ2v) is 10.8.